The van der Waals surface area contributed by atoms with Crippen molar-refractivity contribution in [2.75, 3.05) is 19.5 Å². The van der Waals surface area contributed by atoms with Gasteiger partial charge in [0.1, 0.15) is 11.6 Å². The van der Waals surface area contributed by atoms with Gasteiger partial charge in [-0.05, 0) is 42.5 Å². The van der Waals surface area contributed by atoms with Crippen molar-refractivity contribution in [2.24, 2.45) is 0 Å². The molecule has 0 atom stereocenters. The number of pyridine rings is 1. The molecule has 0 spiro atoms. The van der Waals surface area contributed by atoms with Crippen LogP contribution in [0, 0.1) is 0 Å². The lowest BCUT2D eigenvalue weighted by molar-refractivity contribution is 0.0328. The minimum absolute atomic E-state index is 0.396. The van der Waals surface area contributed by atoms with Crippen molar-refractivity contribution in [1.29, 1.82) is 0 Å². The molecule has 1 heterocycles. The Morgan fingerprint density at radius 3 is 2.79 bits per heavy atom. The molecular weight excluding hydrogens is 240 g/mol. The molecule has 1 saturated carbocycles. The molecule has 0 aliphatic heterocycles. The van der Waals surface area contributed by atoms with Crippen molar-refractivity contribution in [3.8, 4) is 5.75 Å². The summed E-state index contributed by atoms with van der Waals surface area (Å²) in [4.78, 5) is 4.44. The van der Waals surface area contributed by atoms with Gasteiger partial charge in [-0.2, -0.15) is 0 Å². The summed E-state index contributed by atoms with van der Waals surface area (Å²) >= 11 is 0. The van der Waals surface area contributed by atoms with Gasteiger partial charge in [-0.3, -0.25) is 0 Å². The summed E-state index contributed by atoms with van der Waals surface area (Å²) in [5.74, 6) is 1.81. The third-order valence-corrected chi connectivity index (χ3v) is 3.74. The van der Waals surface area contributed by atoms with Gasteiger partial charge in [0.05, 0.1) is 13.2 Å². The molecule has 0 unspecified atom stereocenters. The summed E-state index contributed by atoms with van der Waals surface area (Å²) in [5.41, 5.74) is 0. The lowest BCUT2D eigenvalue weighted by Crippen LogP contribution is -2.40. The first kappa shape index (κ1) is 12.2. The van der Waals surface area contributed by atoms with Crippen LogP contribution in [0.4, 0.5) is 5.82 Å². The van der Waals surface area contributed by atoms with Gasteiger partial charge in [0.25, 0.3) is 0 Å². The highest BCUT2D eigenvalue weighted by atomic mass is 16.5. The van der Waals surface area contributed by atoms with E-state index < -0.39 is 0 Å². The second kappa shape index (κ2) is 5.05. The number of benzene rings is 1. The Labute approximate surface area is 112 Å². The first-order chi connectivity index (χ1) is 9.30. The van der Waals surface area contributed by atoms with E-state index in [2.05, 4.69) is 16.4 Å². The Hall–Kier alpha value is -1.81. The van der Waals surface area contributed by atoms with Crippen LogP contribution in [-0.4, -0.2) is 31.3 Å². The van der Waals surface area contributed by atoms with Gasteiger partial charge in [-0.1, -0.05) is 0 Å². The van der Waals surface area contributed by atoms with E-state index in [0.717, 1.165) is 35.2 Å². The molecule has 1 aliphatic rings. The zero-order valence-electron chi connectivity index (χ0n) is 11.2. The quantitative estimate of drug-likeness (QED) is 0.915. The summed E-state index contributed by atoms with van der Waals surface area (Å²) in [6.07, 6.45) is 4.32. The number of anilines is 1. The molecule has 4 nitrogen and oxygen atoms in total. The largest absolute Gasteiger partial charge is 0.497 e. The SMILES string of the molecule is COc1ccc2c(NC3CC(OC)C3)nccc2c1. The van der Waals surface area contributed by atoms with E-state index in [9.17, 15) is 0 Å². The maximum atomic E-state index is 5.29. The molecule has 19 heavy (non-hydrogen) atoms. The third kappa shape index (κ3) is 2.36. The third-order valence-electron chi connectivity index (χ3n) is 3.74. The molecule has 0 saturated heterocycles. The topological polar surface area (TPSA) is 43.4 Å². The number of ether oxygens (including phenoxy) is 2. The average molecular weight is 258 g/mol. The molecule has 3 rings (SSSR count). The zero-order chi connectivity index (χ0) is 13.2. The fraction of sp³-hybridized carbons (Fsp3) is 0.400. The van der Waals surface area contributed by atoms with Crippen LogP contribution in [-0.2, 0) is 4.74 Å². The van der Waals surface area contributed by atoms with Gasteiger partial charge in [-0.15, -0.1) is 0 Å². The van der Waals surface area contributed by atoms with Gasteiger partial charge in [0, 0.05) is 24.7 Å². The van der Waals surface area contributed by atoms with Crippen molar-refractivity contribution in [3.05, 3.63) is 30.5 Å². The average Bonchev–Trinajstić information content (AvgIpc) is 2.41. The number of nitrogens with one attached hydrogen (secondary N) is 1. The van der Waals surface area contributed by atoms with E-state index in [-0.39, 0.29) is 0 Å². The van der Waals surface area contributed by atoms with Gasteiger partial charge in [0.2, 0.25) is 0 Å². The van der Waals surface area contributed by atoms with Crippen LogP contribution in [0.25, 0.3) is 10.8 Å². The van der Waals surface area contributed by atoms with Crippen LogP contribution in [0.5, 0.6) is 5.75 Å². The summed E-state index contributed by atoms with van der Waals surface area (Å²) in [6, 6.07) is 8.51. The number of hydrogen-bond acceptors (Lipinski definition) is 4. The van der Waals surface area contributed by atoms with Crippen molar-refractivity contribution in [3.63, 3.8) is 0 Å². The number of methoxy groups -OCH3 is 2. The highest BCUT2D eigenvalue weighted by molar-refractivity contribution is 5.92. The predicted octanol–water partition coefficient (Wildman–Crippen LogP) is 2.83. The maximum absolute atomic E-state index is 5.29. The first-order valence-corrected chi connectivity index (χ1v) is 6.52. The van der Waals surface area contributed by atoms with Crippen LogP contribution in [0.2, 0.25) is 0 Å². The van der Waals surface area contributed by atoms with Crippen LogP contribution in [0.3, 0.4) is 0 Å². The second-order valence-electron chi connectivity index (χ2n) is 4.92. The van der Waals surface area contributed by atoms with Crippen LogP contribution >= 0.6 is 0 Å². The summed E-state index contributed by atoms with van der Waals surface area (Å²) in [5, 5.41) is 5.76. The van der Waals surface area contributed by atoms with E-state index >= 15 is 0 Å². The van der Waals surface area contributed by atoms with Crippen molar-refractivity contribution >= 4 is 16.6 Å². The van der Waals surface area contributed by atoms with E-state index in [4.69, 9.17) is 9.47 Å². The normalized spacial score (nSPS) is 22.0. The number of fused-ring (bicyclic) bond motifs is 1. The summed E-state index contributed by atoms with van der Waals surface area (Å²) in [7, 11) is 3.45. The molecule has 4 heteroatoms. The van der Waals surface area contributed by atoms with Crippen LogP contribution < -0.4 is 10.1 Å². The van der Waals surface area contributed by atoms with E-state index in [1.807, 2.05) is 24.4 Å². The number of nitrogens with zero attached hydrogens (tertiary/aromatic N) is 1. The highest BCUT2D eigenvalue weighted by Crippen LogP contribution is 2.30. The maximum Gasteiger partial charge on any atom is 0.134 e. The monoisotopic (exact) mass is 258 g/mol. The van der Waals surface area contributed by atoms with E-state index in [0.29, 0.717) is 12.1 Å². The van der Waals surface area contributed by atoms with Crippen molar-refractivity contribution < 1.29 is 9.47 Å². The number of rotatable bonds is 4. The number of aromatic nitrogens is 1. The molecule has 0 radical (unpaired) electrons. The molecular formula is C15H18N2O2. The molecule has 1 aromatic carbocycles. The van der Waals surface area contributed by atoms with Crippen molar-refractivity contribution in [2.45, 2.75) is 25.0 Å². The van der Waals surface area contributed by atoms with Gasteiger partial charge < -0.3 is 14.8 Å². The Balaban J connectivity index is 1.83. The van der Waals surface area contributed by atoms with E-state index in [1.54, 1.807) is 14.2 Å². The van der Waals surface area contributed by atoms with Crippen LogP contribution in [0.15, 0.2) is 30.5 Å². The molecule has 0 amide bonds. The summed E-state index contributed by atoms with van der Waals surface area (Å²) in [6.45, 7) is 0. The minimum Gasteiger partial charge on any atom is -0.497 e. The fourth-order valence-corrected chi connectivity index (χ4v) is 2.47. The fourth-order valence-electron chi connectivity index (χ4n) is 2.47. The van der Waals surface area contributed by atoms with Crippen LogP contribution in [0.1, 0.15) is 12.8 Å². The lowest BCUT2D eigenvalue weighted by Gasteiger charge is -2.35. The van der Waals surface area contributed by atoms with Gasteiger partial charge in [0.15, 0.2) is 0 Å². The number of hydrogen-bond donors (Lipinski definition) is 1. The Kier molecular flexibility index (Phi) is 3.25. The zero-order valence-corrected chi connectivity index (χ0v) is 11.2. The summed E-state index contributed by atoms with van der Waals surface area (Å²) < 4.78 is 10.5. The molecule has 1 N–H and O–H groups in total. The molecule has 0 bridgehead atoms. The van der Waals surface area contributed by atoms with E-state index in [1.165, 1.54) is 0 Å². The Morgan fingerprint density at radius 1 is 1.21 bits per heavy atom. The Morgan fingerprint density at radius 2 is 2.05 bits per heavy atom. The van der Waals surface area contributed by atoms with Crippen molar-refractivity contribution in [1.82, 2.24) is 4.98 Å². The standard InChI is InChI=1S/C15H18N2O2/c1-18-12-3-4-14-10(7-12)5-6-16-15(14)17-11-8-13(9-11)19-2/h3-7,11,13H,8-9H2,1-2H3,(H,16,17). The second-order valence-corrected chi connectivity index (χ2v) is 4.92. The lowest BCUT2D eigenvalue weighted by atomic mass is 9.89. The highest BCUT2D eigenvalue weighted by Gasteiger charge is 2.29. The van der Waals surface area contributed by atoms with Gasteiger partial charge in [-0.25, -0.2) is 4.98 Å². The molecule has 1 aromatic heterocycles. The Bertz CT molecular complexity index is 579. The molecule has 1 aliphatic carbocycles. The predicted molar refractivity (Wildman–Crippen MR) is 75.7 cm³/mol. The molecule has 100 valence electrons. The smallest absolute Gasteiger partial charge is 0.134 e. The first-order valence-electron chi connectivity index (χ1n) is 6.52. The molecule has 2 aromatic rings. The van der Waals surface area contributed by atoms with Gasteiger partial charge >= 0.3 is 0 Å². The molecule has 1 fully saturated rings. The minimum atomic E-state index is 0.396.